The van der Waals surface area contributed by atoms with Gasteiger partial charge in [-0.2, -0.15) is 0 Å². The monoisotopic (exact) mass is 359 g/mol. The topological polar surface area (TPSA) is 66.2 Å². The standard InChI is InChI=1S/C23H21NO3/c1-23(2,3)20-12-15(17-8-5-9-24-22(17)26)11-18-19(13-27-21(18)20)14-6-4-7-16(25)10-14/h4-13,25H,1-3H3,(H,24,26). The number of hydrogen-bond acceptors (Lipinski definition) is 3. The molecule has 4 heteroatoms. The Morgan fingerprint density at radius 3 is 2.48 bits per heavy atom. The van der Waals surface area contributed by atoms with Gasteiger partial charge in [0.2, 0.25) is 0 Å². The van der Waals surface area contributed by atoms with Gasteiger partial charge in [0.05, 0.1) is 6.26 Å². The van der Waals surface area contributed by atoms with Crippen LogP contribution in [0.2, 0.25) is 0 Å². The molecule has 4 nitrogen and oxygen atoms in total. The van der Waals surface area contributed by atoms with E-state index in [4.69, 9.17) is 4.42 Å². The maximum absolute atomic E-state index is 12.3. The number of nitrogens with one attached hydrogen (secondary N) is 1. The SMILES string of the molecule is CC(C)(C)c1cc(-c2ccc[nH]c2=O)cc2c(-c3cccc(O)c3)coc12. The molecule has 27 heavy (non-hydrogen) atoms. The van der Waals surface area contributed by atoms with Gasteiger partial charge in [-0.05, 0) is 52.9 Å². The predicted molar refractivity (Wildman–Crippen MR) is 108 cm³/mol. The summed E-state index contributed by atoms with van der Waals surface area (Å²) in [6.07, 6.45) is 3.35. The molecule has 0 amide bonds. The van der Waals surface area contributed by atoms with Crippen molar-refractivity contribution in [3.05, 3.63) is 76.9 Å². The zero-order valence-corrected chi connectivity index (χ0v) is 15.5. The Labute approximate surface area is 157 Å². The van der Waals surface area contributed by atoms with Crippen LogP contribution >= 0.6 is 0 Å². The first-order valence-corrected chi connectivity index (χ1v) is 8.88. The summed E-state index contributed by atoms with van der Waals surface area (Å²) in [5, 5.41) is 10.8. The van der Waals surface area contributed by atoms with E-state index in [0.717, 1.165) is 33.2 Å². The molecule has 2 heterocycles. The van der Waals surface area contributed by atoms with Gasteiger partial charge in [0.25, 0.3) is 5.56 Å². The van der Waals surface area contributed by atoms with Gasteiger partial charge >= 0.3 is 0 Å². The van der Waals surface area contributed by atoms with Crippen LogP contribution < -0.4 is 5.56 Å². The Morgan fingerprint density at radius 2 is 1.78 bits per heavy atom. The lowest BCUT2D eigenvalue weighted by molar-refractivity contribution is 0.475. The summed E-state index contributed by atoms with van der Waals surface area (Å²) >= 11 is 0. The minimum Gasteiger partial charge on any atom is -0.508 e. The molecule has 4 rings (SSSR count). The Morgan fingerprint density at radius 1 is 0.963 bits per heavy atom. The van der Waals surface area contributed by atoms with Gasteiger partial charge in [-0.3, -0.25) is 4.79 Å². The van der Waals surface area contributed by atoms with Gasteiger partial charge in [-0.1, -0.05) is 32.9 Å². The zero-order chi connectivity index (χ0) is 19.2. The van der Waals surface area contributed by atoms with Crippen LogP contribution in [-0.2, 0) is 5.41 Å². The van der Waals surface area contributed by atoms with E-state index in [-0.39, 0.29) is 16.7 Å². The third kappa shape index (κ3) is 3.04. The van der Waals surface area contributed by atoms with Crippen molar-refractivity contribution < 1.29 is 9.52 Å². The van der Waals surface area contributed by atoms with Gasteiger partial charge in [0, 0.05) is 28.3 Å². The number of phenolic OH excluding ortho intramolecular Hbond substituents is 1. The summed E-state index contributed by atoms with van der Waals surface area (Å²) in [6, 6.07) is 14.7. The number of aromatic hydroxyl groups is 1. The first kappa shape index (κ1) is 17.2. The maximum atomic E-state index is 12.3. The van der Waals surface area contributed by atoms with Gasteiger partial charge in [-0.25, -0.2) is 0 Å². The van der Waals surface area contributed by atoms with E-state index in [0.29, 0.717) is 5.56 Å². The molecule has 136 valence electrons. The molecule has 0 bridgehead atoms. The van der Waals surface area contributed by atoms with Crippen LogP contribution in [0.3, 0.4) is 0 Å². The van der Waals surface area contributed by atoms with Crippen molar-refractivity contribution in [1.29, 1.82) is 0 Å². The van der Waals surface area contributed by atoms with E-state index >= 15 is 0 Å². The van der Waals surface area contributed by atoms with Crippen LogP contribution in [0.25, 0.3) is 33.2 Å². The van der Waals surface area contributed by atoms with Crippen LogP contribution in [0.4, 0.5) is 0 Å². The molecule has 4 aromatic rings. The number of rotatable bonds is 2. The quantitative estimate of drug-likeness (QED) is 0.499. The lowest BCUT2D eigenvalue weighted by Crippen LogP contribution is -2.13. The summed E-state index contributed by atoms with van der Waals surface area (Å²) in [4.78, 5) is 15.1. The highest BCUT2D eigenvalue weighted by Crippen LogP contribution is 2.40. The second-order valence-electron chi connectivity index (χ2n) is 7.76. The van der Waals surface area contributed by atoms with Crippen LogP contribution in [0, 0.1) is 0 Å². The summed E-state index contributed by atoms with van der Waals surface area (Å²) in [6.45, 7) is 6.37. The van der Waals surface area contributed by atoms with E-state index in [1.54, 1.807) is 30.7 Å². The van der Waals surface area contributed by atoms with Crippen LogP contribution in [0.5, 0.6) is 5.75 Å². The van der Waals surface area contributed by atoms with Gasteiger partial charge in [0.15, 0.2) is 0 Å². The molecule has 0 spiro atoms. The first-order valence-electron chi connectivity index (χ1n) is 8.88. The first-order chi connectivity index (χ1) is 12.8. The van der Waals surface area contributed by atoms with Gasteiger partial charge in [0.1, 0.15) is 11.3 Å². The second kappa shape index (κ2) is 6.16. The third-order valence-corrected chi connectivity index (χ3v) is 4.77. The summed E-state index contributed by atoms with van der Waals surface area (Å²) in [5.41, 5.74) is 4.77. The lowest BCUT2D eigenvalue weighted by Gasteiger charge is -2.20. The molecule has 0 fully saturated rings. The molecule has 2 aromatic heterocycles. The molecule has 0 aliphatic carbocycles. The molecule has 0 saturated carbocycles. The smallest absolute Gasteiger partial charge is 0.255 e. The van der Waals surface area contributed by atoms with Crippen molar-refractivity contribution in [3.63, 3.8) is 0 Å². The van der Waals surface area contributed by atoms with E-state index < -0.39 is 0 Å². The van der Waals surface area contributed by atoms with E-state index in [1.807, 2.05) is 30.3 Å². The molecule has 0 aliphatic rings. The highest BCUT2D eigenvalue weighted by atomic mass is 16.3. The number of aromatic nitrogens is 1. The molecular formula is C23H21NO3. The van der Waals surface area contributed by atoms with Crippen LogP contribution in [-0.4, -0.2) is 10.1 Å². The number of H-pyrrole nitrogens is 1. The average Bonchev–Trinajstić information content (AvgIpc) is 3.04. The normalized spacial score (nSPS) is 11.8. The zero-order valence-electron chi connectivity index (χ0n) is 15.5. The molecule has 0 saturated heterocycles. The Kier molecular flexibility index (Phi) is 3.92. The number of furan rings is 1. The van der Waals surface area contributed by atoms with Crippen molar-refractivity contribution in [2.75, 3.05) is 0 Å². The van der Waals surface area contributed by atoms with E-state index in [1.165, 1.54) is 0 Å². The highest BCUT2D eigenvalue weighted by molar-refractivity contribution is 5.98. The summed E-state index contributed by atoms with van der Waals surface area (Å²) in [5.74, 6) is 0.202. The van der Waals surface area contributed by atoms with Crippen LogP contribution in [0.1, 0.15) is 26.3 Å². The Balaban J connectivity index is 2.06. The fourth-order valence-corrected chi connectivity index (χ4v) is 3.40. The third-order valence-electron chi connectivity index (χ3n) is 4.77. The van der Waals surface area contributed by atoms with E-state index in [2.05, 4.69) is 25.8 Å². The number of fused-ring (bicyclic) bond motifs is 1. The summed E-state index contributed by atoms with van der Waals surface area (Å²) in [7, 11) is 0. The molecule has 0 radical (unpaired) electrons. The van der Waals surface area contributed by atoms with Crippen molar-refractivity contribution in [2.24, 2.45) is 0 Å². The number of benzene rings is 2. The fourth-order valence-electron chi connectivity index (χ4n) is 3.40. The van der Waals surface area contributed by atoms with Gasteiger partial charge in [-0.15, -0.1) is 0 Å². The minimum atomic E-state index is -0.163. The molecule has 0 unspecified atom stereocenters. The number of hydrogen-bond donors (Lipinski definition) is 2. The Bertz CT molecular complexity index is 1190. The lowest BCUT2D eigenvalue weighted by atomic mass is 9.83. The minimum absolute atomic E-state index is 0.126. The van der Waals surface area contributed by atoms with Gasteiger partial charge < -0.3 is 14.5 Å². The number of phenols is 1. The average molecular weight is 359 g/mol. The molecule has 0 atom stereocenters. The van der Waals surface area contributed by atoms with Crippen LogP contribution in [0.15, 0.2) is 70.2 Å². The molecule has 0 aliphatic heterocycles. The van der Waals surface area contributed by atoms with Crippen molar-refractivity contribution in [2.45, 2.75) is 26.2 Å². The Hall–Kier alpha value is -3.27. The summed E-state index contributed by atoms with van der Waals surface area (Å²) < 4.78 is 5.95. The number of aromatic amines is 1. The largest absolute Gasteiger partial charge is 0.508 e. The molecular weight excluding hydrogens is 338 g/mol. The van der Waals surface area contributed by atoms with Crippen molar-refractivity contribution in [1.82, 2.24) is 4.98 Å². The number of pyridine rings is 1. The second-order valence-corrected chi connectivity index (χ2v) is 7.76. The molecule has 2 N–H and O–H groups in total. The molecule has 2 aromatic carbocycles. The van der Waals surface area contributed by atoms with Crippen molar-refractivity contribution >= 4 is 11.0 Å². The highest BCUT2D eigenvalue weighted by Gasteiger charge is 2.23. The van der Waals surface area contributed by atoms with E-state index in [9.17, 15) is 9.90 Å². The maximum Gasteiger partial charge on any atom is 0.255 e. The predicted octanol–water partition coefficient (Wildman–Crippen LogP) is 5.46. The van der Waals surface area contributed by atoms with Crippen molar-refractivity contribution in [3.8, 4) is 28.0 Å². The fraction of sp³-hybridized carbons (Fsp3) is 0.174.